The van der Waals surface area contributed by atoms with Crippen molar-refractivity contribution in [2.24, 2.45) is 0 Å². The van der Waals surface area contributed by atoms with Crippen LogP contribution in [0.25, 0.3) is 0 Å². The second kappa shape index (κ2) is 10.6. The van der Waals surface area contributed by atoms with E-state index >= 15 is 0 Å². The zero-order valence-corrected chi connectivity index (χ0v) is 21.2. The first-order valence-electron chi connectivity index (χ1n) is 10.1. The maximum atomic E-state index is 13.3. The van der Waals surface area contributed by atoms with E-state index in [0.29, 0.717) is 29.7 Å². The van der Waals surface area contributed by atoms with E-state index < -0.39 is 20.0 Å². The molecule has 12 heteroatoms. The lowest BCUT2D eigenvalue weighted by atomic mass is 10.1. The molecule has 2 aromatic carbocycles. The van der Waals surface area contributed by atoms with Crippen LogP contribution in [0, 0.1) is 0 Å². The second-order valence-electron chi connectivity index (χ2n) is 7.68. The van der Waals surface area contributed by atoms with Crippen molar-refractivity contribution in [1.82, 2.24) is 9.62 Å². The zero-order chi connectivity index (χ0) is 24.2. The molecule has 1 fully saturated rings. The SMILES string of the molecule is C=CCN(CC1CN(c2c(Cl)cccc2Cl)CCN1)S(=O)(=O)c1ccc(NS(C)(=O)=O)cc1. The van der Waals surface area contributed by atoms with Crippen molar-refractivity contribution in [2.45, 2.75) is 10.9 Å². The molecular formula is C21H26Cl2N4O4S2. The molecule has 2 aromatic rings. The van der Waals surface area contributed by atoms with Crippen LogP contribution in [0.2, 0.25) is 10.0 Å². The van der Waals surface area contributed by atoms with Crippen LogP contribution in [-0.2, 0) is 20.0 Å². The Bertz CT molecular complexity index is 1190. The van der Waals surface area contributed by atoms with Crippen molar-refractivity contribution in [1.29, 1.82) is 0 Å². The molecule has 3 rings (SSSR count). The Hall–Kier alpha value is -1.82. The summed E-state index contributed by atoms with van der Waals surface area (Å²) in [4.78, 5) is 2.11. The Balaban J connectivity index is 1.78. The number of anilines is 2. The number of benzene rings is 2. The quantitative estimate of drug-likeness (QED) is 0.481. The highest BCUT2D eigenvalue weighted by molar-refractivity contribution is 7.92. The number of hydrogen-bond acceptors (Lipinski definition) is 6. The predicted octanol–water partition coefficient (Wildman–Crippen LogP) is 3.02. The van der Waals surface area contributed by atoms with Gasteiger partial charge >= 0.3 is 0 Å². The third-order valence-electron chi connectivity index (χ3n) is 5.06. The number of rotatable bonds is 9. The van der Waals surface area contributed by atoms with Gasteiger partial charge in [-0.2, -0.15) is 4.31 Å². The highest BCUT2D eigenvalue weighted by Crippen LogP contribution is 2.34. The minimum absolute atomic E-state index is 0.0604. The molecule has 8 nitrogen and oxygen atoms in total. The van der Waals surface area contributed by atoms with Crippen molar-refractivity contribution in [3.8, 4) is 0 Å². The molecule has 0 aliphatic carbocycles. The topological polar surface area (TPSA) is 98.8 Å². The molecular weight excluding hydrogens is 507 g/mol. The summed E-state index contributed by atoms with van der Waals surface area (Å²) in [6.45, 7) is 5.86. The minimum atomic E-state index is -3.85. The second-order valence-corrected chi connectivity index (χ2v) is 12.2. The fraction of sp³-hybridized carbons (Fsp3) is 0.333. The van der Waals surface area contributed by atoms with E-state index in [-0.39, 0.29) is 29.7 Å². The lowest BCUT2D eigenvalue weighted by Crippen LogP contribution is -2.56. The molecule has 1 saturated heterocycles. The number of nitrogens with one attached hydrogen (secondary N) is 2. The number of piperazine rings is 1. The highest BCUT2D eigenvalue weighted by Gasteiger charge is 2.30. The molecule has 2 N–H and O–H groups in total. The molecule has 0 radical (unpaired) electrons. The van der Waals surface area contributed by atoms with Crippen molar-refractivity contribution >= 4 is 54.6 Å². The first-order valence-corrected chi connectivity index (χ1v) is 14.2. The van der Waals surface area contributed by atoms with Gasteiger partial charge in [0.25, 0.3) is 0 Å². The fourth-order valence-corrected chi connectivity index (χ4v) is 6.32. The third-order valence-corrected chi connectivity index (χ3v) is 8.12. The van der Waals surface area contributed by atoms with Gasteiger partial charge in [0.05, 0.1) is 26.9 Å². The molecule has 1 aliphatic heterocycles. The summed E-state index contributed by atoms with van der Waals surface area (Å²) < 4.78 is 53.1. The van der Waals surface area contributed by atoms with Crippen LogP contribution in [0.15, 0.2) is 60.0 Å². The monoisotopic (exact) mass is 532 g/mol. The van der Waals surface area contributed by atoms with Gasteiger partial charge in [0.15, 0.2) is 0 Å². The van der Waals surface area contributed by atoms with Gasteiger partial charge in [0.1, 0.15) is 0 Å². The van der Waals surface area contributed by atoms with Crippen LogP contribution in [0.5, 0.6) is 0 Å². The predicted molar refractivity (Wildman–Crippen MR) is 134 cm³/mol. The average molecular weight is 534 g/mol. The van der Waals surface area contributed by atoms with Gasteiger partial charge in [-0.25, -0.2) is 16.8 Å². The summed E-state index contributed by atoms with van der Waals surface area (Å²) in [6.07, 6.45) is 2.56. The van der Waals surface area contributed by atoms with E-state index in [4.69, 9.17) is 23.2 Å². The zero-order valence-electron chi connectivity index (χ0n) is 18.0. The first kappa shape index (κ1) is 25.8. The third kappa shape index (κ3) is 6.62. The number of hydrogen-bond donors (Lipinski definition) is 2. The van der Waals surface area contributed by atoms with Crippen LogP contribution in [0.1, 0.15) is 0 Å². The van der Waals surface area contributed by atoms with Crippen LogP contribution < -0.4 is 14.9 Å². The van der Waals surface area contributed by atoms with E-state index in [2.05, 4.69) is 21.5 Å². The fourth-order valence-electron chi connectivity index (χ4n) is 3.66. The van der Waals surface area contributed by atoms with Gasteiger partial charge in [-0.3, -0.25) is 4.72 Å². The van der Waals surface area contributed by atoms with E-state index in [1.54, 1.807) is 18.2 Å². The van der Waals surface area contributed by atoms with Crippen molar-refractivity contribution in [3.63, 3.8) is 0 Å². The molecule has 1 atom stereocenters. The van der Waals surface area contributed by atoms with Gasteiger partial charge in [-0.15, -0.1) is 6.58 Å². The van der Waals surface area contributed by atoms with E-state index in [1.807, 2.05) is 0 Å². The van der Waals surface area contributed by atoms with Crippen LogP contribution in [0.4, 0.5) is 11.4 Å². The Morgan fingerprint density at radius 1 is 1.15 bits per heavy atom. The van der Waals surface area contributed by atoms with Crippen molar-refractivity contribution in [2.75, 3.05) is 48.6 Å². The van der Waals surface area contributed by atoms with Gasteiger partial charge < -0.3 is 10.2 Å². The summed E-state index contributed by atoms with van der Waals surface area (Å²) in [7, 11) is -7.31. The lowest BCUT2D eigenvalue weighted by Gasteiger charge is -2.38. The van der Waals surface area contributed by atoms with Crippen LogP contribution in [-0.4, -0.2) is 66.2 Å². The van der Waals surface area contributed by atoms with E-state index in [9.17, 15) is 16.8 Å². The van der Waals surface area contributed by atoms with Crippen LogP contribution >= 0.6 is 23.2 Å². The maximum absolute atomic E-state index is 13.3. The highest BCUT2D eigenvalue weighted by atomic mass is 35.5. The molecule has 1 heterocycles. The van der Waals surface area contributed by atoms with Gasteiger partial charge in [0, 0.05) is 44.5 Å². The average Bonchev–Trinajstić information content (AvgIpc) is 2.73. The molecule has 0 amide bonds. The Morgan fingerprint density at radius 2 is 1.79 bits per heavy atom. The molecule has 0 bridgehead atoms. The summed E-state index contributed by atoms with van der Waals surface area (Å²) in [5, 5.41) is 4.45. The molecule has 0 saturated carbocycles. The number of para-hydroxylation sites is 1. The first-order chi connectivity index (χ1) is 15.5. The summed E-state index contributed by atoms with van der Waals surface area (Å²) in [6, 6.07) is 10.7. The van der Waals surface area contributed by atoms with Gasteiger partial charge in [0.2, 0.25) is 20.0 Å². The Kier molecular flexibility index (Phi) is 8.31. The van der Waals surface area contributed by atoms with Crippen molar-refractivity contribution < 1.29 is 16.8 Å². The number of sulfonamides is 2. The maximum Gasteiger partial charge on any atom is 0.243 e. The molecule has 0 aromatic heterocycles. The molecule has 0 spiro atoms. The van der Waals surface area contributed by atoms with Gasteiger partial charge in [-0.1, -0.05) is 35.3 Å². The van der Waals surface area contributed by atoms with Crippen LogP contribution in [0.3, 0.4) is 0 Å². The van der Waals surface area contributed by atoms with E-state index in [0.717, 1.165) is 11.9 Å². The van der Waals surface area contributed by atoms with E-state index in [1.165, 1.54) is 34.6 Å². The lowest BCUT2D eigenvalue weighted by molar-refractivity contribution is 0.354. The minimum Gasteiger partial charge on any atom is -0.366 e. The summed E-state index contributed by atoms with van der Waals surface area (Å²) in [5.41, 5.74) is 1.02. The molecule has 1 aliphatic rings. The number of nitrogens with zero attached hydrogens (tertiary/aromatic N) is 2. The molecule has 180 valence electrons. The van der Waals surface area contributed by atoms with Gasteiger partial charge in [-0.05, 0) is 36.4 Å². The van der Waals surface area contributed by atoms with Crippen molar-refractivity contribution in [3.05, 3.63) is 65.2 Å². The number of halogens is 2. The summed E-state index contributed by atoms with van der Waals surface area (Å²) in [5.74, 6) is 0. The largest absolute Gasteiger partial charge is 0.366 e. The smallest absolute Gasteiger partial charge is 0.243 e. The Morgan fingerprint density at radius 3 is 2.36 bits per heavy atom. The normalized spacial score (nSPS) is 17.2. The standard InChI is InChI=1S/C21H26Cl2N4O4S2/c1-3-12-27(33(30,31)18-9-7-16(8-10-18)25-32(2,28)29)15-17-14-26(13-11-24-17)21-19(22)5-4-6-20(21)23/h3-10,17,24-25H,1,11-15H2,2H3. The summed E-state index contributed by atoms with van der Waals surface area (Å²) >= 11 is 12.7. The Labute approximate surface area is 205 Å². The molecule has 33 heavy (non-hydrogen) atoms. The molecule has 1 unspecified atom stereocenters.